The van der Waals surface area contributed by atoms with Crippen LogP contribution in [-0.4, -0.2) is 34.6 Å². The summed E-state index contributed by atoms with van der Waals surface area (Å²) in [5.74, 6) is 1.42. The van der Waals surface area contributed by atoms with Crippen LogP contribution in [-0.2, 0) is 13.5 Å². The maximum Gasteiger partial charge on any atom is 0.203 e. The Kier molecular flexibility index (Phi) is 3.41. The van der Waals surface area contributed by atoms with Gasteiger partial charge < -0.3 is 5.32 Å². The molecular formula is C18H18N8. The molecule has 4 aromatic heterocycles. The molecule has 1 atom stereocenters. The summed E-state index contributed by atoms with van der Waals surface area (Å²) < 4.78 is 3.70. The number of hydrogen-bond acceptors (Lipinski definition) is 6. The molecule has 4 heterocycles. The quantitative estimate of drug-likeness (QED) is 0.613. The van der Waals surface area contributed by atoms with Crippen molar-refractivity contribution < 1.29 is 0 Å². The molecule has 0 saturated carbocycles. The summed E-state index contributed by atoms with van der Waals surface area (Å²) in [6, 6.07) is 9.78. The predicted molar refractivity (Wildman–Crippen MR) is 96.5 cm³/mol. The Morgan fingerprint density at radius 3 is 3.00 bits per heavy atom. The zero-order chi connectivity index (χ0) is 17.5. The Morgan fingerprint density at radius 1 is 1.15 bits per heavy atom. The Hall–Kier alpha value is -3.29. The third-order valence-electron chi connectivity index (χ3n) is 4.85. The first kappa shape index (κ1) is 15.0. The van der Waals surface area contributed by atoms with E-state index in [0.717, 1.165) is 30.8 Å². The third kappa shape index (κ3) is 2.42. The lowest BCUT2D eigenvalue weighted by Gasteiger charge is -2.24. The largest absolute Gasteiger partial charge is 0.362 e. The summed E-state index contributed by atoms with van der Waals surface area (Å²) in [5, 5.41) is 21.1. The van der Waals surface area contributed by atoms with Gasteiger partial charge in [0.05, 0.1) is 12.2 Å². The summed E-state index contributed by atoms with van der Waals surface area (Å²) >= 11 is 0. The van der Waals surface area contributed by atoms with Crippen LogP contribution in [0.4, 0.5) is 5.82 Å². The van der Waals surface area contributed by atoms with Crippen molar-refractivity contribution in [1.82, 2.24) is 34.6 Å². The standard InChI is InChI=1S/C18H18N8/c1-25-15-7-4-6-13(12(15)11-20-25)21-16-8-9-17-22-23-18(26(17)24-16)14-5-2-3-10-19-14/h2-3,5,8-11,13H,4,6-7H2,1H3,(H,21,24). The van der Waals surface area contributed by atoms with Gasteiger partial charge in [-0.3, -0.25) is 9.67 Å². The smallest absolute Gasteiger partial charge is 0.203 e. The number of rotatable bonds is 3. The summed E-state index contributed by atoms with van der Waals surface area (Å²) in [6.07, 6.45) is 6.98. The van der Waals surface area contributed by atoms with Crippen LogP contribution < -0.4 is 5.32 Å². The maximum atomic E-state index is 4.70. The van der Waals surface area contributed by atoms with Crippen molar-refractivity contribution in [1.29, 1.82) is 0 Å². The lowest BCUT2D eigenvalue weighted by atomic mass is 9.93. The number of pyridine rings is 1. The highest BCUT2D eigenvalue weighted by Gasteiger charge is 2.24. The van der Waals surface area contributed by atoms with Crippen LogP contribution in [0.25, 0.3) is 17.2 Å². The SMILES string of the molecule is Cn1ncc2c1CCCC2Nc1ccc2nnc(-c3ccccn3)n2n1. The monoisotopic (exact) mass is 346 g/mol. The van der Waals surface area contributed by atoms with Gasteiger partial charge in [-0.2, -0.15) is 9.61 Å². The van der Waals surface area contributed by atoms with Gasteiger partial charge in [0.2, 0.25) is 5.82 Å². The number of aryl methyl sites for hydroxylation is 1. The van der Waals surface area contributed by atoms with Gasteiger partial charge in [-0.05, 0) is 43.5 Å². The highest BCUT2D eigenvalue weighted by atomic mass is 15.4. The fraction of sp³-hybridized carbons (Fsp3) is 0.278. The molecule has 0 spiro atoms. The Bertz CT molecular complexity index is 1070. The number of hydrogen-bond donors (Lipinski definition) is 1. The molecule has 0 aromatic carbocycles. The van der Waals surface area contributed by atoms with Crippen LogP contribution in [0.15, 0.2) is 42.7 Å². The fourth-order valence-electron chi connectivity index (χ4n) is 3.56. The minimum Gasteiger partial charge on any atom is -0.362 e. The second kappa shape index (κ2) is 5.91. The molecule has 4 aromatic rings. The molecule has 0 aliphatic heterocycles. The van der Waals surface area contributed by atoms with Crippen LogP contribution in [0.3, 0.4) is 0 Å². The van der Waals surface area contributed by atoms with Gasteiger partial charge in [0.1, 0.15) is 11.5 Å². The van der Waals surface area contributed by atoms with Crippen LogP contribution in [0.5, 0.6) is 0 Å². The average molecular weight is 346 g/mol. The van der Waals surface area contributed by atoms with Crippen LogP contribution >= 0.6 is 0 Å². The first-order chi connectivity index (χ1) is 12.8. The summed E-state index contributed by atoms with van der Waals surface area (Å²) in [7, 11) is 2.00. The molecule has 1 N–H and O–H groups in total. The molecule has 8 nitrogen and oxygen atoms in total. The van der Waals surface area contributed by atoms with Gasteiger partial charge in [0.25, 0.3) is 0 Å². The van der Waals surface area contributed by atoms with Gasteiger partial charge in [-0.25, -0.2) is 0 Å². The highest BCUT2D eigenvalue weighted by Crippen LogP contribution is 2.31. The maximum absolute atomic E-state index is 4.70. The van der Waals surface area contributed by atoms with E-state index in [-0.39, 0.29) is 6.04 Å². The molecule has 0 fully saturated rings. The molecule has 0 bridgehead atoms. The molecule has 8 heteroatoms. The normalized spacial score (nSPS) is 16.6. The second-order valence-corrected chi connectivity index (χ2v) is 6.49. The van der Waals surface area contributed by atoms with E-state index in [1.54, 1.807) is 10.7 Å². The van der Waals surface area contributed by atoms with Gasteiger partial charge in [-0.15, -0.1) is 15.3 Å². The Labute approximate surface area is 149 Å². The lowest BCUT2D eigenvalue weighted by Crippen LogP contribution is -2.18. The van der Waals surface area contributed by atoms with Gasteiger partial charge in [0, 0.05) is 24.5 Å². The van der Waals surface area contributed by atoms with Crippen molar-refractivity contribution in [3.8, 4) is 11.5 Å². The zero-order valence-corrected chi connectivity index (χ0v) is 14.4. The number of nitrogens with zero attached hydrogens (tertiary/aromatic N) is 7. The lowest BCUT2D eigenvalue weighted by molar-refractivity contribution is 0.569. The van der Waals surface area contributed by atoms with E-state index in [0.29, 0.717) is 11.5 Å². The second-order valence-electron chi connectivity index (χ2n) is 6.49. The summed E-state index contributed by atoms with van der Waals surface area (Å²) in [4.78, 5) is 4.35. The Balaban J connectivity index is 1.51. The minimum atomic E-state index is 0.215. The molecule has 130 valence electrons. The molecule has 1 aliphatic carbocycles. The van der Waals surface area contributed by atoms with Crippen LogP contribution in [0, 0.1) is 0 Å². The van der Waals surface area contributed by atoms with Crippen LogP contribution in [0.1, 0.15) is 30.1 Å². The highest BCUT2D eigenvalue weighted by molar-refractivity contribution is 5.55. The van der Waals surface area contributed by atoms with E-state index < -0.39 is 0 Å². The number of fused-ring (bicyclic) bond motifs is 2. The van der Waals surface area contributed by atoms with Crippen LogP contribution in [0.2, 0.25) is 0 Å². The molecule has 0 amide bonds. The molecule has 0 saturated heterocycles. The van der Waals surface area contributed by atoms with E-state index in [2.05, 4.69) is 25.6 Å². The molecule has 1 aliphatic rings. The first-order valence-electron chi connectivity index (χ1n) is 8.71. The van der Waals surface area contributed by atoms with Gasteiger partial charge in [0.15, 0.2) is 5.65 Å². The number of anilines is 1. The average Bonchev–Trinajstić information content (AvgIpc) is 3.27. The topological polar surface area (TPSA) is 85.8 Å². The van der Waals surface area contributed by atoms with E-state index in [1.807, 2.05) is 48.3 Å². The molecule has 1 unspecified atom stereocenters. The fourth-order valence-corrected chi connectivity index (χ4v) is 3.56. The van der Waals surface area contributed by atoms with E-state index in [4.69, 9.17) is 5.10 Å². The van der Waals surface area contributed by atoms with Crippen molar-refractivity contribution in [2.24, 2.45) is 7.05 Å². The molecule has 0 radical (unpaired) electrons. The summed E-state index contributed by atoms with van der Waals surface area (Å²) in [5.41, 5.74) is 4.00. The van der Waals surface area contributed by atoms with Gasteiger partial charge >= 0.3 is 0 Å². The zero-order valence-electron chi connectivity index (χ0n) is 14.4. The van der Waals surface area contributed by atoms with Crippen molar-refractivity contribution >= 4 is 11.5 Å². The molecular weight excluding hydrogens is 328 g/mol. The van der Waals surface area contributed by atoms with Crippen molar-refractivity contribution in [3.63, 3.8) is 0 Å². The molecule has 26 heavy (non-hydrogen) atoms. The molecule has 5 rings (SSSR count). The summed E-state index contributed by atoms with van der Waals surface area (Å²) in [6.45, 7) is 0. The van der Waals surface area contributed by atoms with Crippen molar-refractivity contribution in [2.75, 3.05) is 5.32 Å². The van der Waals surface area contributed by atoms with Crippen molar-refractivity contribution in [3.05, 3.63) is 54.0 Å². The number of aromatic nitrogens is 7. The van der Waals surface area contributed by atoms with Crippen molar-refractivity contribution in [2.45, 2.75) is 25.3 Å². The van der Waals surface area contributed by atoms with Gasteiger partial charge in [-0.1, -0.05) is 6.07 Å². The van der Waals surface area contributed by atoms with E-state index in [1.165, 1.54) is 11.3 Å². The predicted octanol–water partition coefficient (Wildman–Crippen LogP) is 2.41. The number of nitrogens with one attached hydrogen (secondary N) is 1. The third-order valence-corrected chi connectivity index (χ3v) is 4.85. The van der Waals surface area contributed by atoms with E-state index >= 15 is 0 Å². The Morgan fingerprint density at radius 2 is 2.12 bits per heavy atom. The first-order valence-corrected chi connectivity index (χ1v) is 8.71. The minimum absolute atomic E-state index is 0.215. The van der Waals surface area contributed by atoms with E-state index in [9.17, 15) is 0 Å².